The number of pyridine rings is 1. The van der Waals surface area contributed by atoms with Gasteiger partial charge in [-0.2, -0.15) is 0 Å². The van der Waals surface area contributed by atoms with Crippen LogP contribution in [0.1, 0.15) is 21.5 Å². The molecule has 138 valence electrons. The Morgan fingerprint density at radius 2 is 1.71 bits per heavy atom. The standard InChI is InChI=1S/C24H18FNO2/c1-15-22(14-28)21-12-19(25)10-11-23(21)26-24(15)17-8-6-16(7-9-17)20-5-3-2-4-18(20)13-27/h2-13,28H,14H2,1H3. The molecular weight excluding hydrogens is 353 g/mol. The molecule has 0 aliphatic heterocycles. The van der Waals surface area contributed by atoms with Crippen LogP contribution in [-0.4, -0.2) is 16.4 Å². The number of aliphatic hydroxyl groups is 1. The van der Waals surface area contributed by atoms with Gasteiger partial charge in [0.2, 0.25) is 0 Å². The van der Waals surface area contributed by atoms with E-state index in [9.17, 15) is 14.3 Å². The molecule has 0 bridgehead atoms. The number of carbonyl (C=O) groups is 1. The Bertz CT molecular complexity index is 1180. The number of rotatable bonds is 4. The van der Waals surface area contributed by atoms with E-state index in [0.29, 0.717) is 22.0 Å². The molecule has 0 aliphatic carbocycles. The molecule has 0 spiro atoms. The molecule has 0 fully saturated rings. The van der Waals surface area contributed by atoms with Gasteiger partial charge < -0.3 is 5.11 Å². The maximum Gasteiger partial charge on any atom is 0.150 e. The van der Waals surface area contributed by atoms with Crippen molar-refractivity contribution in [2.45, 2.75) is 13.5 Å². The number of aliphatic hydroxyl groups excluding tert-OH is 1. The summed E-state index contributed by atoms with van der Waals surface area (Å²) in [5, 5.41) is 10.5. The molecule has 1 heterocycles. The molecule has 1 aromatic heterocycles. The van der Waals surface area contributed by atoms with Gasteiger partial charge in [0.05, 0.1) is 17.8 Å². The van der Waals surface area contributed by atoms with Gasteiger partial charge in [-0.05, 0) is 47.4 Å². The lowest BCUT2D eigenvalue weighted by atomic mass is 9.95. The quantitative estimate of drug-likeness (QED) is 0.494. The first-order chi connectivity index (χ1) is 13.6. The third kappa shape index (κ3) is 3.08. The maximum absolute atomic E-state index is 13.6. The molecular formula is C24H18FNO2. The molecule has 0 atom stereocenters. The van der Waals surface area contributed by atoms with Crippen LogP contribution in [0.15, 0.2) is 66.7 Å². The highest BCUT2D eigenvalue weighted by Crippen LogP contribution is 2.32. The molecule has 0 saturated carbocycles. The number of aromatic nitrogens is 1. The first-order valence-corrected chi connectivity index (χ1v) is 8.97. The van der Waals surface area contributed by atoms with Gasteiger partial charge in [0.25, 0.3) is 0 Å². The summed E-state index contributed by atoms with van der Waals surface area (Å²) < 4.78 is 13.6. The number of carbonyl (C=O) groups excluding carboxylic acids is 1. The van der Waals surface area contributed by atoms with Gasteiger partial charge in [-0.1, -0.05) is 48.5 Å². The van der Waals surface area contributed by atoms with E-state index in [4.69, 9.17) is 4.98 Å². The Morgan fingerprint density at radius 3 is 2.43 bits per heavy atom. The summed E-state index contributed by atoms with van der Waals surface area (Å²) in [4.78, 5) is 16.0. The number of halogens is 1. The van der Waals surface area contributed by atoms with E-state index in [-0.39, 0.29) is 12.4 Å². The number of aldehydes is 1. The first kappa shape index (κ1) is 18.0. The van der Waals surface area contributed by atoms with Crippen molar-refractivity contribution in [3.63, 3.8) is 0 Å². The van der Waals surface area contributed by atoms with Crippen LogP contribution in [0.25, 0.3) is 33.3 Å². The zero-order valence-corrected chi connectivity index (χ0v) is 15.3. The zero-order chi connectivity index (χ0) is 19.7. The number of hydrogen-bond donors (Lipinski definition) is 1. The number of nitrogens with zero attached hydrogens (tertiary/aromatic N) is 1. The van der Waals surface area contributed by atoms with E-state index in [2.05, 4.69) is 0 Å². The lowest BCUT2D eigenvalue weighted by Crippen LogP contribution is -1.99. The van der Waals surface area contributed by atoms with Crippen molar-refractivity contribution in [2.24, 2.45) is 0 Å². The molecule has 3 aromatic carbocycles. The summed E-state index contributed by atoms with van der Waals surface area (Å²) in [5.74, 6) is -0.352. The molecule has 0 saturated heterocycles. The molecule has 4 heteroatoms. The first-order valence-electron chi connectivity index (χ1n) is 8.97. The molecule has 28 heavy (non-hydrogen) atoms. The Labute approximate surface area is 162 Å². The van der Waals surface area contributed by atoms with E-state index < -0.39 is 0 Å². The second kappa shape index (κ2) is 7.33. The van der Waals surface area contributed by atoms with Crippen molar-refractivity contribution in [3.05, 3.63) is 89.2 Å². The highest BCUT2D eigenvalue weighted by Gasteiger charge is 2.14. The summed E-state index contributed by atoms with van der Waals surface area (Å²) in [7, 11) is 0. The lowest BCUT2D eigenvalue weighted by Gasteiger charge is -2.14. The predicted molar refractivity (Wildman–Crippen MR) is 109 cm³/mol. The summed E-state index contributed by atoms with van der Waals surface area (Å²) >= 11 is 0. The number of hydrogen-bond acceptors (Lipinski definition) is 3. The molecule has 0 aliphatic rings. The van der Waals surface area contributed by atoms with Crippen LogP contribution >= 0.6 is 0 Å². The van der Waals surface area contributed by atoms with Gasteiger partial charge in [-0.25, -0.2) is 9.37 Å². The summed E-state index contributed by atoms with van der Waals surface area (Å²) in [6, 6.07) is 19.6. The summed E-state index contributed by atoms with van der Waals surface area (Å²) in [6.07, 6.45) is 0.852. The molecule has 0 amide bonds. The normalized spacial score (nSPS) is 11.0. The average Bonchev–Trinajstić information content (AvgIpc) is 2.73. The van der Waals surface area contributed by atoms with Crippen molar-refractivity contribution in [1.82, 2.24) is 4.98 Å². The number of benzene rings is 3. The van der Waals surface area contributed by atoms with Gasteiger partial charge >= 0.3 is 0 Å². The third-order valence-corrected chi connectivity index (χ3v) is 5.04. The molecule has 4 rings (SSSR count). The fraction of sp³-hybridized carbons (Fsp3) is 0.0833. The van der Waals surface area contributed by atoms with Crippen LogP contribution in [0.2, 0.25) is 0 Å². The highest BCUT2D eigenvalue weighted by atomic mass is 19.1. The van der Waals surface area contributed by atoms with Crippen LogP contribution in [0, 0.1) is 12.7 Å². The topological polar surface area (TPSA) is 50.2 Å². The van der Waals surface area contributed by atoms with Crippen molar-refractivity contribution < 1.29 is 14.3 Å². The van der Waals surface area contributed by atoms with E-state index in [0.717, 1.165) is 34.2 Å². The van der Waals surface area contributed by atoms with Crippen LogP contribution in [0.3, 0.4) is 0 Å². The third-order valence-electron chi connectivity index (χ3n) is 5.04. The van der Waals surface area contributed by atoms with Gasteiger partial charge in [0.15, 0.2) is 6.29 Å². The Hall–Kier alpha value is -3.37. The minimum atomic E-state index is -0.352. The minimum absolute atomic E-state index is 0.188. The van der Waals surface area contributed by atoms with Gasteiger partial charge in [0, 0.05) is 16.5 Å². The summed E-state index contributed by atoms with van der Waals surface area (Å²) in [6.45, 7) is 1.69. The fourth-order valence-corrected chi connectivity index (χ4v) is 3.55. The highest BCUT2D eigenvalue weighted by molar-refractivity contribution is 5.89. The largest absolute Gasteiger partial charge is 0.392 e. The molecule has 4 aromatic rings. The monoisotopic (exact) mass is 371 g/mol. The second-order valence-electron chi connectivity index (χ2n) is 6.67. The predicted octanol–water partition coefficient (Wildman–Crippen LogP) is 5.32. The molecule has 0 radical (unpaired) electrons. The van der Waals surface area contributed by atoms with Gasteiger partial charge in [-0.3, -0.25) is 4.79 Å². The average molecular weight is 371 g/mol. The van der Waals surface area contributed by atoms with Gasteiger partial charge in [-0.15, -0.1) is 0 Å². The molecule has 0 unspecified atom stereocenters. The molecule has 1 N–H and O–H groups in total. The smallest absolute Gasteiger partial charge is 0.150 e. The van der Waals surface area contributed by atoms with Gasteiger partial charge in [0.1, 0.15) is 5.82 Å². The van der Waals surface area contributed by atoms with Crippen molar-refractivity contribution in [3.8, 4) is 22.4 Å². The van der Waals surface area contributed by atoms with Crippen molar-refractivity contribution >= 4 is 17.2 Å². The minimum Gasteiger partial charge on any atom is -0.392 e. The van der Waals surface area contributed by atoms with Crippen LogP contribution in [-0.2, 0) is 6.61 Å². The number of fused-ring (bicyclic) bond motifs is 1. The SMILES string of the molecule is Cc1c(-c2ccc(-c3ccccc3C=O)cc2)nc2ccc(F)cc2c1CO. The maximum atomic E-state index is 13.6. The Balaban J connectivity index is 1.83. The van der Waals surface area contributed by atoms with Crippen LogP contribution in [0.4, 0.5) is 4.39 Å². The van der Waals surface area contributed by atoms with Crippen molar-refractivity contribution in [2.75, 3.05) is 0 Å². The second-order valence-corrected chi connectivity index (χ2v) is 6.67. The fourth-order valence-electron chi connectivity index (χ4n) is 3.55. The van der Waals surface area contributed by atoms with Crippen LogP contribution in [0.5, 0.6) is 0 Å². The lowest BCUT2D eigenvalue weighted by molar-refractivity contribution is 0.112. The molecule has 3 nitrogen and oxygen atoms in total. The van der Waals surface area contributed by atoms with Crippen LogP contribution < -0.4 is 0 Å². The van der Waals surface area contributed by atoms with E-state index in [1.807, 2.05) is 49.4 Å². The van der Waals surface area contributed by atoms with E-state index in [1.54, 1.807) is 12.1 Å². The Morgan fingerprint density at radius 1 is 1.00 bits per heavy atom. The van der Waals surface area contributed by atoms with E-state index in [1.165, 1.54) is 12.1 Å². The van der Waals surface area contributed by atoms with Crippen molar-refractivity contribution in [1.29, 1.82) is 0 Å². The Kier molecular flexibility index (Phi) is 4.72. The van der Waals surface area contributed by atoms with E-state index >= 15 is 0 Å². The summed E-state index contributed by atoms with van der Waals surface area (Å²) in [5.41, 5.74) is 6.23. The zero-order valence-electron chi connectivity index (χ0n) is 15.3.